The van der Waals surface area contributed by atoms with E-state index in [1.807, 2.05) is 13.8 Å². The Labute approximate surface area is 239 Å². The van der Waals surface area contributed by atoms with Crippen molar-refractivity contribution in [3.63, 3.8) is 0 Å². The molecule has 10 nitrogen and oxygen atoms in total. The molecule has 1 N–H and O–H groups in total. The van der Waals surface area contributed by atoms with Crippen LogP contribution in [0.2, 0.25) is 10.6 Å². The number of rotatable bonds is 4. The summed E-state index contributed by atoms with van der Waals surface area (Å²) in [5, 5.41) is 3.35. The molecule has 0 bridgehead atoms. The Morgan fingerprint density at radius 1 is 0.821 bits per heavy atom. The lowest BCUT2D eigenvalue weighted by atomic mass is 10.0. The molecule has 0 unspecified atom stereocenters. The van der Waals surface area contributed by atoms with Crippen LogP contribution in [0.3, 0.4) is 0 Å². The van der Waals surface area contributed by atoms with Crippen LogP contribution in [0.1, 0.15) is 78.1 Å². The number of halogens is 2. The van der Waals surface area contributed by atoms with Gasteiger partial charge in [0.25, 0.3) is 0 Å². The summed E-state index contributed by atoms with van der Waals surface area (Å²) in [5.74, 6) is 1.75. The van der Waals surface area contributed by atoms with E-state index in [1.165, 1.54) is 25.7 Å². The van der Waals surface area contributed by atoms with Crippen LogP contribution in [0.25, 0.3) is 0 Å². The van der Waals surface area contributed by atoms with Crippen LogP contribution in [-0.4, -0.2) is 63.0 Å². The van der Waals surface area contributed by atoms with E-state index in [4.69, 9.17) is 23.2 Å². The van der Waals surface area contributed by atoms with E-state index in [2.05, 4.69) is 35.1 Å². The molecular formula is C27H36Cl2N8O2. The van der Waals surface area contributed by atoms with Crippen molar-refractivity contribution in [3.8, 4) is 0 Å². The number of anilines is 4. The molecule has 2 fully saturated rings. The molecule has 0 aromatic carbocycles. The van der Waals surface area contributed by atoms with Gasteiger partial charge in [-0.2, -0.15) is 9.97 Å². The first-order valence-corrected chi connectivity index (χ1v) is 14.8. The molecule has 2 saturated carbocycles. The van der Waals surface area contributed by atoms with E-state index in [1.54, 1.807) is 24.3 Å². The summed E-state index contributed by atoms with van der Waals surface area (Å²) >= 11 is 11.9. The number of nitrogens with zero attached hydrogens (tertiary/aromatic N) is 7. The fourth-order valence-corrected chi connectivity index (χ4v) is 6.74. The number of hydrogen-bond acceptors (Lipinski definition) is 8. The smallest absolute Gasteiger partial charge is 0.249 e. The second-order valence-corrected chi connectivity index (χ2v) is 11.3. The van der Waals surface area contributed by atoms with Crippen LogP contribution in [0.4, 0.5) is 23.0 Å². The van der Waals surface area contributed by atoms with Crippen molar-refractivity contribution in [3.05, 3.63) is 23.0 Å². The minimum atomic E-state index is -0.151. The van der Waals surface area contributed by atoms with E-state index >= 15 is 0 Å². The van der Waals surface area contributed by atoms with Gasteiger partial charge in [0.15, 0.2) is 11.6 Å². The second-order valence-electron chi connectivity index (χ2n) is 10.6. The van der Waals surface area contributed by atoms with Gasteiger partial charge in [-0.1, -0.05) is 39.5 Å². The van der Waals surface area contributed by atoms with Crippen LogP contribution in [0, 0.1) is 0 Å². The number of amides is 2. The van der Waals surface area contributed by atoms with Crippen molar-refractivity contribution in [1.82, 2.24) is 19.9 Å². The van der Waals surface area contributed by atoms with Crippen molar-refractivity contribution < 1.29 is 9.59 Å². The van der Waals surface area contributed by atoms with Crippen LogP contribution < -0.4 is 20.0 Å². The number of hydrogen-bond donors (Lipinski definition) is 1. The second kappa shape index (κ2) is 11.8. The molecule has 2 aromatic rings. The van der Waals surface area contributed by atoms with Crippen molar-refractivity contribution in [2.75, 3.05) is 27.1 Å². The van der Waals surface area contributed by atoms with Crippen LogP contribution in [0.5, 0.6) is 0 Å². The largest absolute Gasteiger partial charge is 0.340 e. The maximum Gasteiger partial charge on any atom is 0.249 e. The summed E-state index contributed by atoms with van der Waals surface area (Å²) in [4.78, 5) is 47.5. The molecule has 0 spiro atoms. The highest BCUT2D eigenvalue weighted by Crippen LogP contribution is 2.40. The zero-order valence-electron chi connectivity index (χ0n) is 22.7. The summed E-state index contributed by atoms with van der Waals surface area (Å²) in [5.41, 5.74) is 1.43. The highest BCUT2D eigenvalue weighted by atomic mass is 35.5. The third kappa shape index (κ3) is 5.37. The number of nitrogens with one attached hydrogen (secondary N) is 1. The Balaban J connectivity index is 0.000000158. The Hall–Kier alpha value is -2.72. The molecule has 2 aromatic heterocycles. The molecule has 2 atom stereocenters. The monoisotopic (exact) mass is 574 g/mol. The van der Waals surface area contributed by atoms with E-state index in [-0.39, 0.29) is 34.5 Å². The normalized spacial score (nSPS) is 23.4. The highest BCUT2D eigenvalue weighted by molar-refractivity contribution is 6.28. The van der Waals surface area contributed by atoms with Crippen molar-refractivity contribution in [1.29, 1.82) is 0 Å². The van der Waals surface area contributed by atoms with Gasteiger partial charge in [-0.05, 0) is 61.7 Å². The Bertz CT molecular complexity index is 1220. The molecule has 210 valence electrons. The van der Waals surface area contributed by atoms with Crippen molar-refractivity contribution in [2.24, 2.45) is 0 Å². The van der Waals surface area contributed by atoms with Gasteiger partial charge in [-0.3, -0.25) is 9.59 Å². The topological polar surface area (TPSA) is 107 Å². The molecule has 2 amide bonds. The quantitative estimate of drug-likeness (QED) is 0.493. The first-order chi connectivity index (χ1) is 18.8. The third-order valence-electron chi connectivity index (χ3n) is 8.37. The molecule has 0 saturated heterocycles. The van der Waals surface area contributed by atoms with Gasteiger partial charge in [0.05, 0.1) is 12.4 Å². The summed E-state index contributed by atoms with van der Waals surface area (Å²) in [6.45, 7) is 4.08. The fraction of sp³-hybridized carbons (Fsp3) is 0.630. The molecule has 2 aliphatic heterocycles. The predicted octanol–water partition coefficient (Wildman–Crippen LogP) is 5.24. The van der Waals surface area contributed by atoms with E-state index in [9.17, 15) is 9.59 Å². The molecule has 4 aliphatic rings. The molecule has 0 radical (unpaired) electrons. The number of fused-ring (bicyclic) bond motifs is 2. The van der Waals surface area contributed by atoms with Gasteiger partial charge in [0, 0.05) is 19.1 Å². The maximum atomic E-state index is 12.6. The SMILES string of the molecule is CC[C@@H]1C(=O)N(C)c2cnc(Cl)nc2N1C1CCCC1.CC[C@@H]1C(=O)Nc2cnc(Cl)nc2N1C1CCCC1. The highest BCUT2D eigenvalue weighted by Gasteiger charge is 2.41. The Morgan fingerprint density at radius 3 is 1.90 bits per heavy atom. The van der Waals surface area contributed by atoms with Crippen LogP contribution in [0.15, 0.2) is 12.4 Å². The lowest BCUT2D eigenvalue weighted by molar-refractivity contribution is -0.120. The molecule has 6 rings (SSSR count). The molecule has 2 aliphatic carbocycles. The minimum absolute atomic E-state index is 0.0350. The number of carbonyl (C=O) groups excluding carboxylic acids is 2. The van der Waals surface area contributed by atoms with Gasteiger partial charge in [0.2, 0.25) is 22.4 Å². The van der Waals surface area contributed by atoms with E-state index < -0.39 is 0 Å². The molecule has 39 heavy (non-hydrogen) atoms. The minimum Gasteiger partial charge on any atom is -0.340 e. The van der Waals surface area contributed by atoms with Gasteiger partial charge >= 0.3 is 0 Å². The number of aromatic nitrogens is 4. The first kappa shape index (κ1) is 27.8. The average molecular weight is 576 g/mol. The molecule has 12 heteroatoms. The van der Waals surface area contributed by atoms with Gasteiger partial charge in [-0.15, -0.1) is 0 Å². The summed E-state index contributed by atoms with van der Waals surface area (Å²) in [7, 11) is 1.78. The first-order valence-electron chi connectivity index (χ1n) is 14.0. The molecule has 4 heterocycles. The van der Waals surface area contributed by atoms with Crippen LogP contribution in [-0.2, 0) is 9.59 Å². The van der Waals surface area contributed by atoms with Gasteiger partial charge in [0.1, 0.15) is 23.5 Å². The van der Waals surface area contributed by atoms with E-state index in [0.29, 0.717) is 17.8 Å². The lowest BCUT2D eigenvalue weighted by Gasteiger charge is -2.43. The fourth-order valence-electron chi connectivity index (χ4n) is 6.48. The van der Waals surface area contributed by atoms with E-state index in [0.717, 1.165) is 55.8 Å². The summed E-state index contributed by atoms with van der Waals surface area (Å²) in [6, 6.07) is 0.492. The molecular weight excluding hydrogens is 539 g/mol. The Kier molecular flexibility index (Phi) is 8.42. The van der Waals surface area contributed by atoms with Gasteiger partial charge in [-0.25, -0.2) is 9.97 Å². The van der Waals surface area contributed by atoms with Crippen molar-refractivity contribution >= 4 is 58.0 Å². The zero-order valence-corrected chi connectivity index (χ0v) is 24.2. The average Bonchev–Trinajstić information content (AvgIpc) is 3.65. The van der Waals surface area contributed by atoms with Crippen molar-refractivity contribution in [2.45, 2.75) is 102 Å². The summed E-state index contributed by atoms with van der Waals surface area (Å²) in [6.07, 6.45) is 14.1. The maximum absolute atomic E-state index is 12.6. The number of likely N-dealkylation sites (N-methyl/N-ethyl adjacent to an activating group) is 1. The third-order valence-corrected chi connectivity index (χ3v) is 8.73. The zero-order chi connectivity index (χ0) is 27.7. The standard InChI is InChI=1S/C14H19ClN4O.C13H17ClN4O/c1-3-10-13(20)18(2)11-8-16-14(15)17-12(11)19(10)9-6-4-5-7-9;1-2-10-12(19)16-9-7-15-13(14)17-11(9)18(10)8-5-3-4-6-8/h8-10H,3-7H2,1-2H3;7-8,10H,2-6H2,1H3,(H,16,19)/t2*10-/m11/s1. The summed E-state index contributed by atoms with van der Waals surface area (Å²) < 4.78 is 0. The Morgan fingerprint density at radius 2 is 1.33 bits per heavy atom. The van der Waals surface area contributed by atoms with Crippen LogP contribution >= 0.6 is 23.2 Å². The van der Waals surface area contributed by atoms with Gasteiger partial charge < -0.3 is 20.0 Å². The predicted molar refractivity (Wildman–Crippen MR) is 154 cm³/mol. The lowest BCUT2D eigenvalue weighted by Crippen LogP contribution is -2.55. The number of carbonyl (C=O) groups is 2.